The number of halogens is 2. The summed E-state index contributed by atoms with van der Waals surface area (Å²) < 4.78 is 14.5. The summed E-state index contributed by atoms with van der Waals surface area (Å²) >= 11 is 3.15. The van der Waals surface area contributed by atoms with Gasteiger partial charge in [-0.05, 0) is 27.6 Å². The molecule has 0 aliphatic rings. The minimum Gasteiger partial charge on any atom is -0.387 e. The molecule has 2 aromatic carbocycles. The Hall–Kier alpha value is -1.19. The van der Waals surface area contributed by atoms with Gasteiger partial charge in [0.25, 0.3) is 0 Å². The van der Waals surface area contributed by atoms with Gasteiger partial charge in [0.2, 0.25) is 0 Å². The van der Waals surface area contributed by atoms with Crippen LogP contribution in [0.4, 0.5) is 4.39 Å². The maximum absolute atomic E-state index is 14.1. The SMILES string of the molecule is CC(C)(c1ccccc1)C(O)c1cccc(Br)c1F. The van der Waals surface area contributed by atoms with Gasteiger partial charge >= 0.3 is 0 Å². The van der Waals surface area contributed by atoms with Gasteiger partial charge in [-0.1, -0.05) is 56.3 Å². The molecule has 2 rings (SSSR count). The highest BCUT2D eigenvalue weighted by Crippen LogP contribution is 2.38. The average Bonchev–Trinajstić information content (AvgIpc) is 2.42. The highest BCUT2D eigenvalue weighted by Gasteiger charge is 2.32. The first-order valence-corrected chi connectivity index (χ1v) is 6.91. The summed E-state index contributed by atoms with van der Waals surface area (Å²) in [5, 5.41) is 10.5. The van der Waals surface area contributed by atoms with Crippen LogP contribution in [-0.4, -0.2) is 5.11 Å². The van der Waals surface area contributed by atoms with Crippen LogP contribution in [0, 0.1) is 5.82 Å². The van der Waals surface area contributed by atoms with Crippen LogP contribution in [0.1, 0.15) is 31.1 Å². The lowest BCUT2D eigenvalue weighted by molar-refractivity contribution is 0.0964. The molecular formula is C16H16BrFO. The van der Waals surface area contributed by atoms with E-state index in [-0.39, 0.29) is 0 Å². The zero-order valence-electron chi connectivity index (χ0n) is 10.9. The van der Waals surface area contributed by atoms with Crippen LogP contribution in [-0.2, 0) is 5.41 Å². The summed E-state index contributed by atoms with van der Waals surface area (Å²) in [6, 6.07) is 14.6. The summed E-state index contributed by atoms with van der Waals surface area (Å²) in [6.07, 6.45) is -0.910. The fraction of sp³-hybridized carbons (Fsp3) is 0.250. The monoisotopic (exact) mass is 322 g/mol. The number of hydrogen-bond donors (Lipinski definition) is 1. The summed E-state index contributed by atoms with van der Waals surface area (Å²) in [5.74, 6) is -0.404. The molecule has 0 heterocycles. The van der Waals surface area contributed by atoms with Crippen molar-refractivity contribution >= 4 is 15.9 Å². The fourth-order valence-electron chi connectivity index (χ4n) is 2.15. The molecule has 2 aromatic rings. The second-order valence-corrected chi connectivity index (χ2v) is 5.99. The number of aliphatic hydroxyl groups is 1. The summed E-state index contributed by atoms with van der Waals surface area (Å²) in [7, 11) is 0. The summed E-state index contributed by atoms with van der Waals surface area (Å²) in [5.41, 5.74) is 0.716. The zero-order chi connectivity index (χ0) is 14.0. The molecule has 1 atom stereocenters. The first-order valence-electron chi connectivity index (χ1n) is 6.12. The topological polar surface area (TPSA) is 20.2 Å². The summed E-state index contributed by atoms with van der Waals surface area (Å²) in [4.78, 5) is 0. The Morgan fingerprint density at radius 3 is 2.32 bits per heavy atom. The smallest absolute Gasteiger partial charge is 0.143 e. The molecule has 3 heteroatoms. The molecule has 0 fully saturated rings. The van der Waals surface area contributed by atoms with Gasteiger partial charge in [-0.15, -0.1) is 0 Å². The van der Waals surface area contributed by atoms with Crippen molar-refractivity contribution in [2.75, 3.05) is 0 Å². The third-order valence-electron chi connectivity index (χ3n) is 3.48. The van der Waals surface area contributed by atoms with E-state index in [0.29, 0.717) is 10.0 Å². The molecule has 0 amide bonds. The van der Waals surface area contributed by atoms with Crippen LogP contribution in [0.5, 0.6) is 0 Å². The second-order valence-electron chi connectivity index (χ2n) is 5.13. The first-order chi connectivity index (χ1) is 8.94. The van der Waals surface area contributed by atoms with E-state index in [2.05, 4.69) is 15.9 Å². The van der Waals surface area contributed by atoms with Gasteiger partial charge in [0.05, 0.1) is 10.6 Å². The Bertz CT molecular complexity index is 566. The minimum absolute atomic E-state index is 0.309. The van der Waals surface area contributed by atoms with Crippen LogP contribution >= 0.6 is 15.9 Å². The summed E-state index contributed by atoms with van der Waals surface area (Å²) in [6.45, 7) is 3.82. The maximum atomic E-state index is 14.1. The van der Waals surface area contributed by atoms with Crippen molar-refractivity contribution in [1.29, 1.82) is 0 Å². The molecule has 0 saturated heterocycles. The predicted molar refractivity (Wildman–Crippen MR) is 78.5 cm³/mol. The van der Waals surface area contributed by atoms with E-state index in [0.717, 1.165) is 5.56 Å². The second kappa shape index (κ2) is 5.43. The third kappa shape index (κ3) is 2.72. The molecule has 0 aromatic heterocycles. The highest BCUT2D eigenvalue weighted by atomic mass is 79.9. The molecule has 19 heavy (non-hydrogen) atoms. The normalized spacial score (nSPS) is 13.3. The van der Waals surface area contributed by atoms with Crippen LogP contribution in [0.2, 0.25) is 0 Å². The van der Waals surface area contributed by atoms with E-state index in [9.17, 15) is 9.50 Å². The van der Waals surface area contributed by atoms with Crippen LogP contribution in [0.15, 0.2) is 53.0 Å². The number of hydrogen-bond acceptors (Lipinski definition) is 1. The van der Waals surface area contributed by atoms with E-state index in [1.165, 1.54) is 0 Å². The molecule has 1 nitrogen and oxygen atoms in total. The molecule has 1 unspecified atom stereocenters. The lowest BCUT2D eigenvalue weighted by Gasteiger charge is -2.31. The van der Waals surface area contributed by atoms with Crippen LogP contribution in [0.25, 0.3) is 0 Å². The standard InChI is InChI=1S/C16H16BrFO/c1-16(2,11-7-4-3-5-8-11)15(19)12-9-6-10-13(17)14(12)18/h3-10,15,19H,1-2H3. The van der Waals surface area contributed by atoms with Crippen molar-refractivity contribution in [3.05, 3.63) is 69.9 Å². The predicted octanol–water partition coefficient (Wildman–Crippen LogP) is 4.60. The molecule has 0 saturated carbocycles. The van der Waals surface area contributed by atoms with Gasteiger partial charge in [-0.25, -0.2) is 4.39 Å². The van der Waals surface area contributed by atoms with Crippen LogP contribution < -0.4 is 0 Å². The van der Waals surface area contributed by atoms with Gasteiger partial charge in [0.1, 0.15) is 5.82 Å². The number of rotatable bonds is 3. The Labute approximate surface area is 121 Å². The number of benzene rings is 2. The molecule has 0 spiro atoms. The Balaban J connectivity index is 2.43. The molecule has 0 aliphatic heterocycles. The lowest BCUT2D eigenvalue weighted by Crippen LogP contribution is -2.27. The minimum atomic E-state index is -0.910. The van der Waals surface area contributed by atoms with E-state index in [4.69, 9.17) is 0 Å². The Kier molecular flexibility index (Phi) is 4.07. The van der Waals surface area contributed by atoms with Gasteiger partial charge in [0, 0.05) is 11.0 Å². The van der Waals surface area contributed by atoms with E-state index >= 15 is 0 Å². The van der Waals surface area contributed by atoms with Crippen molar-refractivity contribution in [1.82, 2.24) is 0 Å². The largest absolute Gasteiger partial charge is 0.387 e. The molecule has 100 valence electrons. The molecular weight excluding hydrogens is 307 g/mol. The number of aliphatic hydroxyl groups excluding tert-OH is 1. The van der Waals surface area contributed by atoms with Crippen molar-refractivity contribution in [3.8, 4) is 0 Å². The highest BCUT2D eigenvalue weighted by molar-refractivity contribution is 9.10. The molecule has 1 N–H and O–H groups in total. The van der Waals surface area contributed by atoms with E-state index < -0.39 is 17.3 Å². The van der Waals surface area contributed by atoms with E-state index in [1.807, 2.05) is 44.2 Å². The zero-order valence-corrected chi connectivity index (χ0v) is 12.5. The lowest BCUT2D eigenvalue weighted by atomic mass is 9.76. The average molecular weight is 323 g/mol. The Morgan fingerprint density at radius 2 is 1.68 bits per heavy atom. The van der Waals surface area contributed by atoms with Crippen molar-refractivity contribution < 1.29 is 9.50 Å². The van der Waals surface area contributed by atoms with Gasteiger partial charge in [0.15, 0.2) is 0 Å². The fourth-order valence-corrected chi connectivity index (χ4v) is 2.53. The third-order valence-corrected chi connectivity index (χ3v) is 4.09. The molecule has 0 aliphatic carbocycles. The molecule has 0 radical (unpaired) electrons. The Morgan fingerprint density at radius 1 is 1.05 bits per heavy atom. The van der Waals surface area contributed by atoms with Crippen molar-refractivity contribution in [3.63, 3.8) is 0 Å². The maximum Gasteiger partial charge on any atom is 0.143 e. The van der Waals surface area contributed by atoms with Crippen molar-refractivity contribution in [2.45, 2.75) is 25.4 Å². The van der Waals surface area contributed by atoms with Gasteiger partial charge < -0.3 is 5.11 Å². The quantitative estimate of drug-likeness (QED) is 0.875. The van der Waals surface area contributed by atoms with Gasteiger partial charge in [-0.2, -0.15) is 0 Å². The van der Waals surface area contributed by atoms with Crippen LogP contribution in [0.3, 0.4) is 0 Å². The molecule has 0 bridgehead atoms. The van der Waals surface area contributed by atoms with E-state index in [1.54, 1.807) is 18.2 Å². The van der Waals surface area contributed by atoms with Gasteiger partial charge in [-0.3, -0.25) is 0 Å². The first kappa shape index (κ1) is 14.2. The van der Waals surface area contributed by atoms with Crippen molar-refractivity contribution in [2.24, 2.45) is 0 Å².